The van der Waals surface area contributed by atoms with Crippen molar-refractivity contribution in [3.05, 3.63) is 83.2 Å². The molecular formula is C19H18FN5. The van der Waals surface area contributed by atoms with Gasteiger partial charge in [-0.2, -0.15) is 0 Å². The molecule has 6 N–H and O–H groups in total. The van der Waals surface area contributed by atoms with Gasteiger partial charge in [-0.05, 0) is 31.2 Å². The largest absolute Gasteiger partial charge is 0.401 e. The number of hydrogen-bond acceptors (Lipinski definition) is 5. The van der Waals surface area contributed by atoms with E-state index in [1.165, 1.54) is 12.1 Å². The minimum atomic E-state index is -0.405. The van der Waals surface area contributed by atoms with Gasteiger partial charge in [-0.1, -0.05) is 30.6 Å². The number of anilines is 1. The van der Waals surface area contributed by atoms with Crippen LogP contribution in [0.1, 0.15) is 18.1 Å². The standard InChI is InChI=1S/C19H18FN5/c1-12(21)17(8-6-14-7-9-18(23)24-11-14)19(25-13(2)22)15-4-3-5-16(20)10-15/h3-5,7,9-11H,2,21-22H2,1H3,(H2,23,24)/b17-12-,25-19?. The van der Waals surface area contributed by atoms with Gasteiger partial charge in [0.05, 0.1) is 11.3 Å². The predicted molar refractivity (Wildman–Crippen MR) is 98.7 cm³/mol. The van der Waals surface area contributed by atoms with Gasteiger partial charge in [0.2, 0.25) is 0 Å². The third-order valence-electron chi connectivity index (χ3n) is 3.10. The van der Waals surface area contributed by atoms with E-state index in [4.69, 9.17) is 17.2 Å². The third kappa shape index (κ3) is 4.94. The van der Waals surface area contributed by atoms with Crippen molar-refractivity contribution in [3.63, 3.8) is 0 Å². The van der Waals surface area contributed by atoms with Gasteiger partial charge in [0.15, 0.2) is 0 Å². The van der Waals surface area contributed by atoms with Gasteiger partial charge in [0.25, 0.3) is 0 Å². The molecule has 2 aromatic rings. The van der Waals surface area contributed by atoms with Crippen LogP contribution in [0.15, 0.2) is 71.3 Å². The number of halogens is 1. The summed E-state index contributed by atoms with van der Waals surface area (Å²) in [5, 5.41) is 0. The van der Waals surface area contributed by atoms with Gasteiger partial charge in [-0.3, -0.25) is 0 Å². The van der Waals surface area contributed by atoms with Crippen molar-refractivity contribution in [1.29, 1.82) is 0 Å². The molecule has 1 aromatic carbocycles. The molecule has 0 fully saturated rings. The minimum absolute atomic E-state index is 0.0639. The first kappa shape index (κ1) is 17.8. The molecule has 0 spiro atoms. The van der Waals surface area contributed by atoms with Crippen LogP contribution in [0.2, 0.25) is 0 Å². The molecule has 0 bridgehead atoms. The zero-order valence-corrected chi connectivity index (χ0v) is 13.8. The molecule has 126 valence electrons. The van der Waals surface area contributed by atoms with E-state index in [2.05, 4.69) is 28.4 Å². The molecule has 0 saturated heterocycles. The van der Waals surface area contributed by atoms with E-state index in [-0.39, 0.29) is 5.82 Å². The lowest BCUT2D eigenvalue weighted by Gasteiger charge is -2.09. The second-order valence-electron chi connectivity index (χ2n) is 5.24. The van der Waals surface area contributed by atoms with Crippen molar-refractivity contribution in [2.45, 2.75) is 6.92 Å². The van der Waals surface area contributed by atoms with E-state index in [1.807, 2.05) is 0 Å². The summed E-state index contributed by atoms with van der Waals surface area (Å²) in [5.74, 6) is 5.95. The Labute approximate surface area is 145 Å². The number of nitrogens with zero attached hydrogens (tertiary/aromatic N) is 2. The summed E-state index contributed by atoms with van der Waals surface area (Å²) in [6, 6.07) is 9.31. The van der Waals surface area contributed by atoms with Crippen molar-refractivity contribution in [2.75, 3.05) is 5.73 Å². The molecular weight excluding hydrogens is 317 g/mol. The number of aliphatic imine (C=N–C) groups is 1. The van der Waals surface area contributed by atoms with Gasteiger partial charge in [0.1, 0.15) is 17.5 Å². The van der Waals surface area contributed by atoms with Crippen LogP contribution < -0.4 is 17.2 Å². The number of benzene rings is 1. The number of hydrogen-bond donors (Lipinski definition) is 3. The van der Waals surface area contributed by atoms with E-state index in [1.54, 1.807) is 37.4 Å². The van der Waals surface area contributed by atoms with E-state index in [0.29, 0.717) is 33.9 Å². The molecule has 0 atom stereocenters. The molecule has 0 saturated carbocycles. The molecule has 0 radical (unpaired) electrons. The number of nitrogen functional groups attached to an aromatic ring is 1. The molecule has 1 heterocycles. The maximum atomic E-state index is 13.6. The van der Waals surface area contributed by atoms with Gasteiger partial charge in [-0.15, -0.1) is 0 Å². The first-order valence-electron chi connectivity index (χ1n) is 7.36. The summed E-state index contributed by atoms with van der Waals surface area (Å²) >= 11 is 0. The van der Waals surface area contributed by atoms with Crippen molar-refractivity contribution in [3.8, 4) is 11.8 Å². The van der Waals surface area contributed by atoms with Crippen LogP contribution in [0.5, 0.6) is 0 Å². The van der Waals surface area contributed by atoms with Crippen molar-refractivity contribution in [2.24, 2.45) is 16.5 Å². The maximum Gasteiger partial charge on any atom is 0.123 e. The Hall–Kier alpha value is -3.59. The average Bonchev–Trinajstić information content (AvgIpc) is 2.55. The van der Waals surface area contributed by atoms with E-state index < -0.39 is 5.82 Å². The Morgan fingerprint density at radius 2 is 2.00 bits per heavy atom. The summed E-state index contributed by atoms with van der Waals surface area (Å²) in [7, 11) is 0. The maximum absolute atomic E-state index is 13.6. The van der Waals surface area contributed by atoms with Crippen molar-refractivity contribution >= 4 is 11.5 Å². The molecule has 0 amide bonds. The zero-order chi connectivity index (χ0) is 18.4. The van der Waals surface area contributed by atoms with E-state index in [9.17, 15) is 4.39 Å². The normalized spacial score (nSPS) is 12.0. The lowest BCUT2D eigenvalue weighted by atomic mass is 10.0. The number of rotatable bonds is 3. The number of allylic oxidation sites excluding steroid dienone is 2. The third-order valence-corrected chi connectivity index (χ3v) is 3.10. The Morgan fingerprint density at radius 3 is 2.56 bits per heavy atom. The molecule has 0 aliphatic rings. The highest BCUT2D eigenvalue weighted by atomic mass is 19.1. The van der Waals surface area contributed by atoms with E-state index in [0.717, 1.165) is 0 Å². The first-order valence-corrected chi connectivity index (χ1v) is 7.36. The van der Waals surface area contributed by atoms with Crippen LogP contribution in [0.4, 0.5) is 10.2 Å². The average molecular weight is 335 g/mol. The second kappa shape index (κ2) is 7.79. The smallest absolute Gasteiger partial charge is 0.123 e. The Balaban J connectivity index is 2.54. The molecule has 0 unspecified atom stereocenters. The van der Waals surface area contributed by atoms with Crippen LogP contribution in [0.25, 0.3) is 0 Å². The summed E-state index contributed by atoms with van der Waals surface area (Å²) in [4.78, 5) is 8.17. The molecule has 25 heavy (non-hydrogen) atoms. The fraction of sp³-hybridized carbons (Fsp3) is 0.0526. The number of aromatic nitrogens is 1. The van der Waals surface area contributed by atoms with Gasteiger partial charge in [-0.25, -0.2) is 14.4 Å². The topological polar surface area (TPSA) is 103 Å². The summed E-state index contributed by atoms with van der Waals surface area (Å²) in [6.45, 7) is 5.25. The van der Waals surface area contributed by atoms with E-state index >= 15 is 0 Å². The minimum Gasteiger partial charge on any atom is -0.401 e. The zero-order valence-electron chi connectivity index (χ0n) is 13.8. The lowest BCUT2D eigenvalue weighted by Crippen LogP contribution is -2.12. The van der Waals surface area contributed by atoms with Crippen LogP contribution in [0.3, 0.4) is 0 Å². The lowest BCUT2D eigenvalue weighted by molar-refractivity contribution is 0.627. The number of nitrogens with two attached hydrogens (primary N) is 3. The SMILES string of the molecule is C=C(N)N=C(/C(C#Cc1ccc(N)nc1)=C(/C)N)c1cccc(F)c1. The molecule has 0 aliphatic carbocycles. The molecule has 5 nitrogen and oxygen atoms in total. The molecule has 2 rings (SSSR count). The summed E-state index contributed by atoms with van der Waals surface area (Å²) in [6.07, 6.45) is 1.55. The highest BCUT2D eigenvalue weighted by Gasteiger charge is 2.12. The number of pyridine rings is 1. The van der Waals surface area contributed by atoms with Crippen molar-refractivity contribution < 1.29 is 4.39 Å². The first-order chi connectivity index (χ1) is 11.9. The van der Waals surface area contributed by atoms with Gasteiger partial charge in [0, 0.05) is 23.0 Å². The quantitative estimate of drug-likeness (QED) is 0.591. The molecule has 6 heteroatoms. The summed E-state index contributed by atoms with van der Waals surface area (Å²) < 4.78 is 13.6. The van der Waals surface area contributed by atoms with Gasteiger partial charge >= 0.3 is 0 Å². The van der Waals surface area contributed by atoms with Crippen LogP contribution >= 0.6 is 0 Å². The monoisotopic (exact) mass is 335 g/mol. The summed E-state index contributed by atoms with van der Waals surface area (Å²) in [5.41, 5.74) is 19.5. The highest BCUT2D eigenvalue weighted by Crippen LogP contribution is 2.14. The second-order valence-corrected chi connectivity index (χ2v) is 5.24. The van der Waals surface area contributed by atoms with Crippen LogP contribution in [-0.2, 0) is 0 Å². The Morgan fingerprint density at radius 1 is 1.24 bits per heavy atom. The fourth-order valence-corrected chi connectivity index (χ4v) is 2.00. The molecule has 1 aromatic heterocycles. The predicted octanol–water partition coefficient (Wildman–Crippen LogP) is 2.31. The van der Waals surface area contributed by atoms with Gasteiger partial charge < -0.3 is 17.2 Å². The fourth-order valence-electron chi connectivity index (χ4n) is 2.00. The Bertz CT molecular complexity index is 911. The van der Waals surface area contributed by atoms with Crippen LogP contribution in [0, 0.1) is 17.7 Å². The highest BCUT2D eigenvalue weighted by molar-refractivity contribution is 6.16. The van der Waals surface area contributed by atoms with Crippen LogP contribution in [-0.4, -0.2) is 10.7 Å². The molecule has 0 aliphatic heterocycles. The van der Waals surface area contributed by atoms with Crippen molar-refractivity contribution in [1.82, 2.24) is 4.98 Å². The Kier molecular flexibility index (Phi) is 5.54.